The Labute approximate surface area is 120 Å². The molecule has 2 aliphatic rings. The highest BCUT2D eigenvalue weighted by Gasteiger charge is 2.55. The first-order chi connectivity index (χ1) is 9.25. The minimum Gasteiger partial charge on any atom is -0.361 e. The van der Waals surface area contributed by atoms with Crippen molar-refractivity contribution in [2.75, 3.05) is 6.54 Å². The predicted molar refractivity (Wildman–Crippen MR) is 76.3 cm³/mol. The summed E-state index contributed by atoms with van der Waals surface area (Å²) >= 11 is 0. The van der Waals surface area contributed by atoms with Gasteiger partial charge in [-0.25, -0.2) is 0 Å². The molecule has 0 N–H and O–H groups in total. The van der Waals surface area contributed by atoms with Gasteiger partial charge < -0.3 is 9.42 Å². The fourth-order valence-corrected chi connectivity index (χ4v) is 4.69. The number of carbonyl (C=O) groups excluding carboxylic acids is 1. The molecule has 110 valence electrons. The monoisotopic (exact) mass is 276 g/mol. The third-order valence-electron chi connectivity index (χ3n) is 5.58. The van der Waals surface area contributed by atoms with Crippen LogP contribution in [0.4, 0.5) is 0 Å². The first-order valence-electron chi connectivity index (χ1n) is 7.47. The van der Waals surface area contributed by atoms with Gasteiger partial charge in [0.25, 0.3) is 0 Å². The maximum absolute atomic E-state index is 11.9. The van der Waals surface area contributed by atoms with Crippen molar-refractivity contribution < 1.29 is 9.32 Å². The van der Waals surface area contributed by atoms with Crippen molar-refractivity contribution in [3.05, 3.63) is 17.5 Å². The molecule has 3 rings (SSSR count). The van der Waals surface area contributed by atoms with Crippen LogP contribution in [0, 0.1) is 11.3 Å². The molecule has 1 saturated heterocycles. The van der Waals surface area contributed by atoms with Gasteiger partial charge in [-0.3, -0.25) is 4.79 Å². The fourth-order valence-electron chi connectivity index (χ4n) is 4.69. The first kappa shape index (κ1) is 13.7. The van der Waals surface area contributed by atoms with Crippen LogP contribution >= 0.6 is 0 Å². The van der Waals surface area contributed by atoms with Gasteiger partial charge in [0.05, 0.1) is 6.20 Å². The molecule has 0 saturated carbocycles. The molecule has 1 fully saturated rings. The van der Waals surface area contributed by atoms with E-state index in [1.54, 1.807) is 6.92 Å². The Bertz CT molecular complexity index is 548. The average Bonchev–Trinajstić information content (AvgIpc) is 2.79. The summed E-state index contributed by atoms with van der Waals surface area (Å²) < 4.78 is 5.54. The van der Waals surface area contributed by atoms with Crippen LogP contribution in [-0.4, -0.2) is 28.6 Å². The SMILES string of the molecule is CC(=O)N1C[C@@]2(C)Cc3cnoc3C(C)(C)[C@@H]2C[C@@H]1C. The van der Waals surface area contributed by atoms with Gasteiger partial charge in [0.15, 0.2) is 0 Å². The topological polar surface area (TPSA) is 46.3 Å². The standard InChI is InChI=1S/C16H24N2O2/c1-10-6-13-15(3,4)14-12(8-17-20-14)7-16(13,5)9-18(10)11(2)19/h8,10,13H,6-7,9H2,1-5H3/t10-,13-,16+/m0/s1. The summed E-state index contributed by atoms with van der Waals surface area (Å²) in [4.78, 5) is 13.9. The van der Waals surface area contributed by atoms with Crippen molar-refractivity contribution >= 4 is 5.91 Å². The van der Waals surface area contributed by atoms with Gasteiger partial charge in [0.1, 0.15) is 5.76 Å². The van der Waals surface area contributed by atoms with Crippen molar-refractivity contribution in [1.82, 2.24) is 10.1 Å². The Morgan fingerprint density at radius 3 is 2.80 bits per heavy atom. The van der Waals surface area contributed by atoms with Crippen molar-refractivity contribution in [3.63, 3.8) is 0 Å². The van der Waals surface area contributed by atoms with E-state index < -0.39 is 0 Å². The minimum atomic E-state index is -0.0179. The highest BCUT2D eigenvalue weighted by Crippen LogP contribution is 2.54. The highest BCUT2D eigenvalue weighted by atomic mass is 16.5. The van der Waals surface area contributed by atoms with Crippen LogP contribution in [0.5, 0.6) is 0 Å². The van der Waals surface area contributed by atoms with Crippen LogP contribution in [0.3, 0.4) is 0 Å². The maximum Gasteiger partial charge on any atom is 0.219 e. The molecule has 3 atom stereocenters. The number of hydrogen-bond donors (Lipinski definition) is 0. The second kappa shape index (κ2) is 4.09. The number of piperidine rings is 1. The lowest BCUT2D eigenvalue weighted by molar-refractivity contribution is -0.140. The molecule has 0 bridgehead atoms. The van der Waals surface area contributed by atoms with Crippen molar-refractivity contribution in [2.45, 2.75) is 58.9 Å². The molecule has 1 aliphatic carbocycles. The van der Waals surface area contributed by atoms with Gasteiger partial charge >= 0.3 is 0 Å². The van der Waals surface area contributed by atoms with Gasteiger partial charge in [0.2, 0.25) is 5.91 Å². The summed E-state index contributed by atoms with van der Waals surface area (Å²) in [5, 5.41) is 4.01. The molecule has 4 nitrogen and oxygen atoms in total. The van der Waals surface area contributed by atoms with E-state index in [-0.39, 0.29) is 16.7 Å². The van der Waals surface area contributed by atoms with Crippen LogP contribution in [0.1, 0.15) is 52.4 Å². The van der Waals surface area contributed by atoms with E-state index in [1.165, 1.54) is 5.56 Å². The molecule has 0 radical (unpaired) electrons. The van der Waals surface area contributed by atoms with E-state index in [0.717, 1.165) is 25.1 Å². The molecular weight excluding hydrogens is 252 g/mol. The summed E-state index contributed by atoms with van der Waals surface area (Å²) in [5.41, 5.74) is 1.31. The largest absolute Gasteiger partial charge is 0.361 e. The second-order valence-electron chi connectivity index (χ2n) is 7.52. The first-order valence-corrected chi connectivity index (χ1v) is 7.47. The molecule has 0 aromatic carbocycles. The zero-order chi connectivity index (χ0) is 14.7. The number of nitrogens with zero attached hydrogens (tertiary/aromatic N) is 2. The summed E-state index contributed by atoms with van der Waals surface area (Å²) in [6.45, 7) is 11.5. The molecule has 1 aromatic rings. The van der Waals surface area contributed by atoms with E-state index in [9.17, 15) is 4.79 Å². The maximum atomic E-state index is 11.9. The zero-order valence-electron chi connectivity index (χ0n) is 13.1. The molecule has 1 aliphatic heterocycles. The molecule has 20 heavy (non-hydrogen) atoms. The van der Waals surface area contributed by atoms with Gasteiger partial charge in [0, 0.05) is 30.5 Å². The lowest BCUT2D eigenvalue weighted by Crippen LogP contribution is -2.59. The Balaban J connectivity index is 2.04. The van der Waals surface area contributed by atoms with Crippen LogP contribution in [0.25, 0.3) is 0 Å². The average molecular weight is 276 g/mol. The van der Waals surface area contributed by atoms with E-state index in [0.29, 0.717) is 12.0 Å². The number of hydrogen-bond acceptors (Lipinski definition) is 3. The molecule has 4 heteroatoms. The molecule has 2 heterocycles. The van der Waals surface area contributed by atoms with Gasteiger partial charge in [-0.05, 0) is 31.1 Å². The minimum absolute atomic E-state index is 0.0179. The number of aromatic nitrogens is 1. The Morgan fingerprint density at radius 1 is 1.45 bits per heavy atom. The zero-order valence-corrected chi connectivity index (χ0v) is 13.1. The van der Waals surface area contributed by atoms with Gasteiger partial charge in [-0.1, -0.05) is 25.9 Å². The quantitative estimate of drug-likeness (QED) is 0.732. The predicted octanol–water partition coefficient (Wildman–Crippen LogP) is 2.77. The van der Waals surface area contributed by atoms with E-state index >= 15 is 0 Å². The number of carbonyl (C=O) groups is 1. The van der Waals surface area contributed by atoms with E-state index in [4.69, 9.17) is 4.52 Å². The smallest absolute Gasteiger partial charge is 0.219 e. The third-order valence-corrected chi connectivity index (χ3v) is 5.58. The summed E-state index contributed by atoms with van der Waals surface area (Å²) in [6, 6.07) is 0.300. The lowest BCUT2D eigenvalue weighted by atomic mass is 9.53. The summed E-state index contributed by atoms with van der Waals surface area (Å²) in [7, 11) is 0. The third kappa shape index (κ3) is 1.73. The van der Waals surface area contributed by atoms with Crippen LogP contribution in [0.2, 0.25) is 0 Å². The lowest BCUT2D eigenvalue weighted by Gasteiger charge is -2.56. The summed E-state index contributed by atoms with van der Waals surface area (Å²) in [5.74, 6) is 1.75. The van der Waals surface area contributed by atoms with E-state index in [1.807, 2.05) is 11.1 Å². The number of likely N-dealkylation sites (tertiary alicyclic amines) is 1. The van der Waals surface area contributed by atoms with Crippen molar-refractivity contribution in [1.29, 1.82) is 0 Å². The number of fused-ring (bicyclic) bond motifs is 2. The number of amides is 1. The molecular formula is C16H24N2O2. The van der Waals surface area contributed by atoms with Gasteiger partial charge in [-0.2, -0.15) is 0 Å². The normalized spacial score (nSPS) is 35.4. The van der Waals surface area contributed by atoms with Crippen molar-refractivity contribution in [2.24, 2.45) is 11.3 Å². The Kier molecular flexibility index (Phi) is 2.79. The van der Waals surface area contributed by atoms with Gasteiger partial charge in [-0.15, -0.1) is 0 Å². The fraction of sp³-hybridized carbons (Fsp3) is 0.750. The van der Waals surface area contributed by atoms with Crippen molar-refractivity contribution in [3.8, 4) is 0 Å². The molecule has 1 amide bonds. The van der Waals surface area contributed by atoms with Crippen LogP contribution in [-0.2, 0) is 16.6 Å². The van der Waals surface area contributed by atoms with Crippen LogP contribution < -0.4 is 0 Å². The van der Waals surface area contributed by atoms with Crippen LogP contribution in [0.15, 0.2) is 10.7 Å². The Morgan fingerprint density at radius 2 is 2.15 bits per heavy atom. The molecule has 0 unspecified atom stereocenters. The molecule has 0 spiro atoms. The van der Waals surface area contributed by atoms with E-state index in [2.05, 4.69) is 32.9 Å². The highest BCUT2D eigenvalue weighted by molar-refractivity contribution is 5.73. The molecule has 1 aromatic heterocycles. The number of rotatable bonds is 0. The summed E-state index contributed by atoms with van der Waals surface area (Å²) in [6.07, 6.45) is 3.84. The Hall–Kier alpha value is -1.32. The second-order valence-corrected chi connectivity index (χ2v) is 7.52.